The van der Waals surface area contributed by atoms with Crippen molar-refractivity contribution in [1.29, 1.82) is 5.26 Å². The van der Waals surface area contributed by atoms with Gasteiger partial charge in [-0.1, -0.05) is 11.6 Å². The maximum Gasteiger partial charge on any atom is 0.241 e. The normalized spacial score (nSPS) is 16.6. The van der Waals surface area contributed by atoms with Crippen molar-refractivity contribution in [2.45, 2.75) is 30.2 Å². The number of benzene rings is 1. The number of nitrogens with zero attached hydrogens (tertiary/aromatic N) is 3. The molecule has 1 N–H and O–H groups in total. The van der Waals surface area contributed by atoms with E-state index in [-0.39, 0.29) is 10.0 Å². The highest BCUT2D eigenvalue weighted by atomic mass is 35.5. The zero-order valence-corrected chi connectivity index (χ0v) is 12.7. The van der Waals surface area contributed by atoms with Crippen molar-refractivity contribution in [2.75, 3.05) is 0 Å². The average Bonchev–Trinajstić information content (AvgIpc) is 3.17. The first-order valence-corrected chi connectivity index (χ1v) is 8.10. The van der Waals surface area contributed by atoms with Gasteiger partial charge in [0.15, 0.2) is 0 Å². The van der Waals surface area contributed by atoms with Crippen molar-refractivity contribution < 1.29 is 8.42 Å². The molecular weight excluding hydrogens is 312 g/mol. The molecule has 0 amide bonds. The molecule has 0 atom stereocenters. The zero-order valence-electron chi connectivity index (χ0n) is 11.1. The Hall–Kier alpha value is -1.75. The lowest BCUT2D eigenvalue weighted by Crippen LogP contribution is -2.35. The number of nitriles is 1. The fraction of sp³-hybridized carbons (Fsp3) is 0.308. The van der Waals surface area contributed by atoms with Crippen molar-refractivity contribution in [1.82, 2.24) is 14.7 Å². The molecular formula is C13H11ClN4O2S. The van der Waals surface area contributed by atoms with Crippen molar-refractivity contribution in [2.24, 2.45) is 0 Å². The van der Waals surface area contributed by atoms with Crippen LogP contribution in [0.15, 0.2) is 23.1 Å². The van der Waals surface area contributed by atoms with Gasteiger partial charge in [-0.2, -0.15) is 9.98 Å². The number of rotatable bonds is 3. The fourth-order valence-corrected chi connectivity index (χ4v) is 3.70. The molecule has 2 aromatic rings. The van der Waals surface area contributed by atoms with Gasteiger partial charge in [-0.15, -0.1) is 0 Å². The summed E-state index contributed by atoms with van der Waals surface area (Å²) < 4.78 is 27.1. The summed E-state index contributed by atoms with van der Waals surface area (Å²) in [5.41, 5.74) is -0.380. The molecule has 0 spiro atoms. The molecule has 21 heavy (non-hydrogen) atoms. The van der Waals surface area contributed by atoms with Gasteiger partial charge in [-0.3, -0.25) is 0 Å². The molecule has 6 nitrogen and oxygen atoms in total. The second kappa shape index (κ2) is 4.63. The van der Waals surface area contributed by atoms with Crippen LogP contribution in [0.5, 0.6) is 0 Å². The van der Waals surface area contributed by atoms with E-state index in [1.54, 1.807) is 13.0 Å². The van der Waals surface area contributed by atoms with Crippen LogP contribution in [-0.2, 0) is 10.0 Å². The van der Waals surface area contributed by atoms with Crippen molar-refractivity contribution in [3.05, 3.63) is 29.2 Å². The van der Waals surface area contributed by atoms with Gasteiger partial charge in [0, 0.05) is 5.39 Å². The number of hydrogen-bond donors (Lipinski definition) is 1. The van der Waals surface area contributed by atoms with Crippen LogP contribution >= 0.6 is 11.6 Å². The van der Waals surface area contributed by atoms with E-state index in [1.807, 2.05) is 6.07 Å². The maximum absolute atomic E-state index is 12.3. The molecule has 1 aromatic heterocycles. The summed E-state index contributed by atoms with van der Waals surface area (Å²) in [4.78, 5) is 8.26. The van der Waals surface area contributed by atoms with Gasteiger partial charge in [0.05, 0.1) is 16.5 Å². The highest BCUT2D eigenvalue weighted by Gasteiger charge is 2.46. The van der Waals surface area contributed by atoms with Crippen LogP contribution in [0.25, 0.3) is 10.9 Å². The fourth-order valence-electron chi connectivity index (χ4n) is 2.02. The molecule has 0 radical (unpaired) electrons. The second-order valence-electron chi connectivity index (χ2n) is 5.04. The number of fused-ring (bicyclic) bond motifs is 1. The van der Waals surface area contributed by atoms with E-state index >= 15 is 0 Å². The largest absolute Gasteiger partial charge is 0.241 e. The minimum absolute atomic E-state index is 0.0471. The van der Waals surface area contributed by atoms with Crippen molar-refractivity contribution >= 4 is 32.5 Å². The van der Waals surface area contributed by atoms with Gasteiger partial charge in [-0.05, 0) is 38.0 Å². The summed E-state index contributed by atoms with van der Waals surface area (Å²) in [6, 6.07) is 6.44. The van der Waals surface area contributed by atoms with E-state index in [1.165, 1.54) is 12.1 Å². The lowest BCUT2D eigenvalue weighted by Gasteiger charge is -2.11. The van der Waals surface area contributed by atoms with Crippen LogP contribution in [0.2, 0.25) is 5.15 Å². The van der Waals surface area contributed by atoms with E-state index in [0.29, 0.717) is 29.6 Å². The summed E-state index contributed by atoms with van der Waals surface area (Å²) in [6.45, 7) is 1.71. The molecule has 1 fully saturated rings. The number of halogens is 1. The van der Waals surface area contributed by atoms with E-state index in [0.717, 1.165) is 0 Å². The molecule has 1 saturated carbocycles. The minimum Gasteiger partial charge on any atom is -0.233 e. The Morgan fingerprint density at radius 1 is 1.38 bits per heavy atom. The van der Waals surface area contributed by atoms with E-state index < -0.39 is 15.6 Å². The third kappa shape index (κ3) is 2.58. The number of aromatic nitrogens is 2. The smallest absolute Gasteiger partial charge is 0.233 e. The van der Waals surface area contributed by atoms with Gasteiger partial charge in [0.1, 0.15) is 16.5 Å². The Morgan fingerprint density at radius 2 is 2.10 bits per heavy atom. The third-order valence-corrected chi connectivity index (χ3v) is 5.16. The molecule has 0 unspecified atom stereocenters. The van der Waals surface area contributed by atoms with Gasteiger partial charge >= 0.3 is 0 Å². The molecule has 108 valence electrons. The van der Waals surface area contributed by atoms with Gasteiger partial charge < -0.3 is 0 Å². The zero-order chi connectivity index (χ0) is 15.3. The minimum atomic E-state index is -3.77. The molecule has 1 heterocycles. The predicted molar refractivity (Wildman–Crippen MR) is 77.2 cm³/mol. The van der Waals surface area contributed by atoms with Gasteiger partial charge in [0.2, 0.25) is 10.0 Å². The van der Waals surface area contributed by atoms with Crippen molar-refractivity contribution in [3.8, 4) is 6.07 Å². The van der Waals surface area contributed by atoms with E-state index in [2.05, 4.69) is 14.7 Å². The Balaban J connectivity index is 2.07. The lowest BCUT2D eigenvalue weighted by atomic mass is 10.2. The molecule has 0 bridgehead atoms. The molecule has 8 heteroatoms. The highest BCUT2D eigenvalue weighted by molar-refractivity contribution is 7.89. The van der Waals surface area contributed by atoms with Crippen LogP contribution in [0.1, 0.15) is 18.7 Å². The summed E-state index contributed by atoms with van der Waals surface area (Å²) in [6.07, 6.45) is 1.05. The monoisotopic (exact) mass is 322 g/mol. The topological polar surface area (TPSA) is 95.7 Å². The maximum atomic E-state index is 12.3. The Labute approximate surface area is 126 Å². The lowest BCUT2D eigenvalue weighted by molar-refractivity contribution is 0.571. The predicted octanol–water partition coefficient (Wildman–Crippen LogP) is 1.93. The first-order chi connectivity index (χ1) is 9.85. The molecule has 1 aliphatic rings. The summed E-state index contributed by atoms with van der Waals surface area (Å²) in [5, 5.41) is 9.66. The highest BCUT2D eigenvalue weighted by Crippen LogP contribution is 2.36. The summed E-state index contributed by atoms with van der Waals surface area (Å²) >= 11 is 6.04. The van der Waals surface area contributed by atoms with E-state index in [9.17, 15) is 8.42 Å². The number of sulfonamides is 1. The van der Waals surface area contributed by atoms with Gasteiger partial charge in [0.25, 0.3) is 0 Å². The molecule has 1 aromatic carbocycles. The SMILES string of the molecule is Cc1nc(Cl)c2cc(S(=O)(=O)NC3(C#N)CC3)ccc2n1. The number of hydrogen-bond acceptors (Lipinski definition) is 5. The number of nitrogens with one attached hydrogen (secondary N) is 1. The summed E-state index contributed by atoms with van der Waals surface area (Å²) in [7, 11) is -3.77. The van der Waals surface area contributed by atoms with Crippen LogP contribution in [0.3, 0.4) is 0 Å². The first kappa shape index (κ1) is 14.2. The summed E-state index contributed by atoms with van der Waals surface area (Å²) in [5.74, 6) is 0.516. The standard InChI is InChI=1S/C13H11ClN4O2S/c1-8-16-11-3-2-9(6-10(11)12(14)17-8)21(19,20)18-13(7-15)4-5-13/h2-3,6,18H,4-5H2,1H3. The van der Waals surface area contributed by atoms with E-state index in [4.69, 9.17) is 16.9 Å². The van der Waals surface area contributed by atoms with Crippen LogP contribution in [0, 0.1) is 18.3 Å². The van der Waals surface area contributed by atoms with Crippen LogP contribution in [0.4, 0.5) is 0 Å². The molecule has 3 rings (SSSR count). The first-order valence-electron chi connectivity index (χ1n) is 6.24. The Bertz CT molecular complexity index is 885. The van der Waals surface area contributed by atoms with Crippen LogP contribution < -0.4 is 4.72 Å². The molecule has 0 aliphatic heterocycles. The Kier molecular flexibility index (Phi) is 3.13. The number of aryl methyl sites for hydroxylation is 1. The Morgan fingerprint density at radius 3 is 2.71 bits per heavy atom. The second-order valence-corrected chi connectivity index (χ2v) is 7.08. The van der Waals surface area contributed by atoms with Crippen molar-refractivity contribution in [3.63, 3.8) is 0 Å². The quantitative estimate of drug-likeness (QED) is 0.871. The van der Waals surface area contributed by atoms with Crippen LogP contribution in [-0.4, -0.2) is 23.9 Å². The average molecular weight is 323 g/mol. The van der Waals surface area contributed by atoms with Gasteiger partial charge in [-0.25, -0.2) is 18.4 Å². The third-order valence-electron chi connectivity index (χ3n) is 3.34. The molecule has 1 aliphatic carbocycles. The molecule has 0 saturated heterocycles.